The van der Waals surface area contributed by atoms with Crippen LogP contribution in [0.5, 0.6) is 0 Å². The topological polar surface area (TPSA) is 91.8 Å². The van der Waals surface area contributed by atoms with E-state index in [2.05, 4.69) is 22.4 Å². The maximum absolute atomic E-state index is 13.4. The molecule has 0 aliphatic rings. The van der Waals surface area contributed by atoms with Gasteiger partial charge in [0.25, 0.3) is 0 Å². The van der Waals surface area contributed by atoms with Gasteiger partial charge in [-0.2, -0.15) is 0 Å². The van der Waals surface area contributed by atoms with E-state index in [1.54, 1.807) is 37.6 Å². The minimum atomic E-state index is -3.74. The van der Waals surface area contributed by atoms with Gasteiger partial charge in [0.1, 0.15) is 0 Å². The summed E-state index contributed by atoms with van der Waals surface area (Å²) in [7, 11) is -2.19. The van der Waals surface area contributed by atoms with Crippen LogP contribution in [-0.2, 0) is 14.8 Å². The first kappa shape index (κ1) is 28.1. The molecule has 2 unspecified atom stereocenters. The first-order chi connectivity index (χ1) is 17.0. The summed E-state index contributed by atoms with van der Waals surface area (Å²) in [6.45, 7) is 9.38. The van der Waals surface area contributed by atoms with Crippen LogP contribution in [0, 0.1) is 5.41 Å². The molecule has 3 rings (SSSR count). The van der Waals surface area contributed by atoms with E-state index in [1.807, 2.05) is 45.9 Å². The normalized spacial score (nSPS) is 14.2. The van der Waals surface area contributed by atoms with E-state index in [0.29, 0.717) is 25.0 Å². The highest BCUT2D eigenvalue weighted by atomic mass is 32.2. The molecular formula is C28H39N3O4S. The Bertz CT molecular complexity index is 1230. The van der Waals surface area contributed by atoms with Gasteiger partial charge in [-0.1, -0.05) is 51.1 Å². The fourth-order valence-corrected chi connectivity index (χ4v) is 5.32. The van der Waals surface area contributed by atoms with Crippen LogP contribution in [0.2, 0.25) is 0 Å². The average Bonchev–Trinajstić information content (AvgIpc) is 2.86. The number of hydrogen-bond acceptors (Lipinski definition) is 6. The average molecular weight is 514 g/mol. The van der Waals surface area contributed by atoms with E-state index >= 15 is 0 Å². The number of nitrogens with one attached hydrogen (secondary N) is 1. The Balaban J connectivity index is 1.65. The molecule has 0 radical (unpaired) electrons. The molecule has 3 aromatic rings. The van der Waals surface area contributed by atoms with Crippen LogP contribution in [0.15, 0.2) is 65.8 Å². The zero-order valence-corrected chi connectivity index (χ0v) is 22.8. The highest BCUT2D eigenvalue weighted by molar-refractivity contribution is 7.89. The number of fused-ring (bicyclic) bond motifs is 1. The van der Waals surface area contributed by atoms with Crippen LogP contribution in [-0.4, -0.2) is 55.7 Å². The van der Waals surface area contributed by atoms with Gasteiger partial charge < -0.3 is 15.2 Å². The Labute approximate surface area is 215 Å². The first-order valence-electron chi connectivity index (χ1n) is 12.4. The first-order valence-corrected chi connectivity index (χ1v) is 13.9. The summed E-state index contributed by atoms with van der Waals surface area (Å²) >= 11 is 0. The molecule has 196 valence electrons. The van der Waals surface area contributed by atoms with E-state index < -0.39 is 16.1 Å². The van der Waals surface area contributed by atoms with Crippen molar-refractivity contribution in [1.29, 1.82) is 0 Å². The molecule has 0 fully saturated rings. The molecule has 0 spiro atoms. The third-order valence-electron chi connectivity index (χ3n) is 6.46. The molecule has 2 aromatic carbocycles. The number of sulfonamides is 1. The summed E-state index contributed by atoms with van der Waals surface area (Å²) < 4.78 is 34.0. The van der Waals surface area contributed by atoms with Gasteiger partial charge in [-0.3, -0.25) is 4.98 Å². The lowest BCUT2D eigenvalue weighted by Gasteiger charge is -2.27. The minimum Gasteiger partial charge on any atom is -0.393 e. The molecule has 7 nitrogen and oxygen atoms in total. The van der Waals surface area contributed by atoms with Crippen molar-refractivity contribution >= 4 is 26.5 Å². The van der Waals surface area contributed by atoms with Crippen molar-refractivity contribution in [3.63, 3.8) is 0 Å². The minimum absolute atomic E-state index is 0.0298. The van der Waals surface area contributed by atoms with Gasteiger partial charge in [-0.05, 0) is 48.9 Å². The number of benzene rings is 2. The summed E-state index contributed by atoms with van der Waals surface area (Å²) in [6.07, 6.45) is 3.90. The largest absolute Gasteiger partial charge is 0.393 e. The molecule has 1 heterocycles. The third kappa shape index (κ3) is 7.03. The van der Waals surface area contributed by atoms with E-state index in [1.165, 1.54) is 4.31 Å². The molecule has 0 aliphatic carbocycles. The second-order valence-electron chi connectivity index (χ2n) is 10.2. The Morgan fingerprint density at radius 1 is 1.08 bits per heavy atom. The number of nitrogens with zero attached hydrogens (tertiary/aromatic N) is 2. The molecule has 0 bridgehead atoms. The molecule has 2 atom stereocenters. The van der Waals surface area contributed by atoms with Crippen molar-refractivity contribution in [3.8, 4) is 0 Å². The van der Waals surface area contributed by atoms with E-state index in [4.69, 9.17) is 4.74 Å². The second kappa shape index (κ2) is 12.1. The number of aliphatic hydroxyl groups is 1. The molecular weight excluding hydrogens is 474 g/mol. The standard InChI is InChI=1S/C28H39N3O4S/c1-21(22-10-7-6-8-11-22)35-19-9-16-30-25-12-13-26(23-14-17-29-20-24(23)25)36(33,34)31(5)18-15-27(32)28(2,3)4/h6-8,10-14,17,20-21,27,30,32H,9,15-16,18-19H2,1-5H3. The van der Waals surface area contributed by atoms with Crippen LogP contribution in [0.1, 0.15) is 52.2 Å². The highest BCUT2D eigenvalue weighted by Crippen LogP contribution is 2.31. The van der Waals surface area contributed by atoms with E-state index in [-0.39, 0.29) is 23.0 Å². The Hall–Kier alpha value is -2.52. The SMILES string of the molecule is CC(OCCCNc1ccc(S(=O)(=O)N(C)CCC(O)C(C)(C)C)c2ccncc12)c1ccccc1. The molecule has 0 amide bonds. The molecule has 0 saturated carbocycles. The fraction of sp³-hybridized carbons (Fsp3) is 0.464. The number of aromatic nitrogens is 1. The number of rotatable bonds is 12. The van der Waals surface area contributed by atoms with Crippen molar-refractivity contribution in [3.05, 3.63) is 66.5 Å². The van der Waals surface area contributed by atoms with Gasteiger partial charge in [0.05, 0.1) is 17.1 Å². The predicted molar refractivity (Wildman–Crippen MR) is 146 cm³/mol. The number of pyridine rings is 1. The summed E-state index contributed by atoms with van der Waals surface area (Å²) in [5, 5.41) is 15.1. The van der Waals surface area contributed by atoms with Gasteiger partial charge in [0.2, 0.25) is 10.0 Å². The maximum atomic E-state index is 13.4. The fourth-order valence-electron chi connectivity index (χ4n) is 3.94. The van der Waals surface area contributed by atoms with Crippen molar-refractivity contribution < 1.29 is 18.3 Å². The van der Waals surface area contributed by atoms with Gasteiger partial charge in [-0.25, -0.2) is 12.7 Å². The zero-order chi connectivity index (χ0) is 26.3. The van der Waals surface area contributed by atoms with Crippen molar-refractivity contribution in [1.82, 2.24) is 9.29 Å². The van der Waals surface area contributed by atoms with Crippen molar-refractivity contribution in [2.24, 2.45) is 5.41 Å². The third-order valence-corrected chi connectivity index (χ3v) is 8.37. The maximum Gasteiger partial charge on any atom is 0.243 e. The monoisotopic (exact) mass is 513 g/mol. The lowest BCUT2D eigenvalue weighted by molar-refractivity contribution is 0.0526. The Morgan fingerprint density at radius 2 is 1.81 bits per heavy atom. The summed E-state index contributed by atoms with van der Waals surface area (Å²) in [4.78, 5) is 4.46. The van der Waals surface area contributed by atoms with Crippen molar-refractivity contribution in [2.75, 3.05) is 32.1 Å². The Kier molecular flexibility index (Phi) is 9.47. The quantitative estimate of drug-likeness (QED) is 0.322. The molecule has 0 saturated heterocycles. The van der Waals surface area contributed by atoms with Crippen LogP contribution in [0.25, 0.3) is 10.8 Å². The summed E-state index contributed by atoms with van der Waals surface area (Å²) in [5.41, 5.74) is 1.68. The van der Waals surface area contributed by atoms with Gasteiger partial charge in [-0.15, -0.1) is 0 Å². The molecule has 2 N–H and O–H groups in total. The lowest BCUT2D eigenvalue weighted by atomic mass is 9.87. The molecule has 0 aliphatic heterocycles. The highest BCUT2D eigenvalue weighted by Gasteiger charge is 2.27. The number of anilines is 1. The van der Waals surface area contributed by atoms with Crippen molar-refractivity contribution in [2.45, 2.75) is 57.6 Å². The smallest absolute Gasteiger partial charge is 0.243 e. The van der Waals surface area contributed by atoms with Crippen LogP contribution < -0.4 is 5.32 Å². The predicted octanol–water partition coefficient (Wildman–Crippen LogP) is 5.23. The van der Waals surface area contributed by atoms with Gasteiger partial charge in [0, 0.05) is 55.6 Å². The zero-order valence-electron chi connectivity index (χ0n) is 21.9. The lowest BCUT2D eigenvalue weighted by Crippen LogP contribution is -2.34. The second-order valence-corrected chi connectivity index (χ2v) is 12.2. The van der Waals surface area contributed by atoms with Crippen LogP contribution >= 0.6 is 0 Å². The van der Waals surface area contributed by atoms with Crippen LogP contribution in [0.4, 0.5) is 5.69 Å². The number of ether oxygens (including phenoxy) is 1. The number of hydrogen-bond donors (Lipinski definition) is 2. The molecule has 1 aromatic heterocycles. The van der Waals surface area contributed by atoms with Gasteiger partial charge >= 0.3 is 0 Å². The Morgan fingerprint density at radius 3 is 2.50 bits per heavy atom. The molecule has 8 heteroatoms. The molecule has 36 heavy (non-hydrogen) atoms. The number of aliphatic hydroxyl groups excluding tert-OH is 1. The van der Waals surface area contributed by atoms with E-state index in [0.717, 1.165) is 23.1 Å². The van der Waals surface area contributed by atoms with Crippen LogP contribution in [0.3, 0.4) is 0 Å². The summed E-state index contributed by atoms with van der Waals surface area (Å²) in [6, 6.07) is 15.3. The summed E-state index contributed by atoms with van der Waals surface area (Å²) in [5.74, 6) is 0. The van der Waals surface area contributed by atoms with Gasteiger partial charge in [0.15, 0.2) is 0 Å². The van der Waals surface area contributed by atoms with E-state index in [9.17, 15) is 13.5 Å².